The zero-order chi connectivity index (χ0) is 12.3. The fourth-order valence-corrected chi connectivity index (χ4v) is 3.01. The van der Waals surface area contributed by atoms with Gasteiger partial charge in [-0.2, -0.15) is 0 Å². The molecule has 0 bridgehead atoms. The first-order valence-electron chi connectivity index (χ1n) is 6.06. The summed E-state index contributed by atoms with van der Waals surface area (Å²) in [6, 6.07) is 9.30. The van der Waals surface area contributed by atoms with Crippen molar-refractivity contribution in [3.8, 4) is 0 Å². The van der Waals surface area contributed by atoms with Crippen molar-refractivity contribution >= 4 is 15.9 Å². The lowest BCUT2D eigenvalue weighted by Crippen LogP contribution is -2.54. The molecular formula is C13H20BrN3. The van der Waals surface area contributed by atoms with Crippen LogP contribution < -0.4 is 10.6 Å². The van der Waals surface area contributed by atoms with Crippen LogP contribution in [0.15, 0.2) is 28.7 Å². The minimum atomic E-state index is 0.350. The number of piperazine rings is 1. The third kappa shape index (κ3) is 2.88. The molecule has 1 aromatic rings. The average molecular weight is 298 g/mol. The van der Waals surface area contributed by atoms with Crippen molar-refractivity contribution in [1.29, 1.82) is 0 Å². The molecule has 1 aromatic carbocycles. The number of hydrogen-bond donors (Lipinski definition) is 2. The molecule has 1 fully saturated rings. The van der Waals surface area contributed by atoms with Gasteiger partial charge in [-0.15, -0.1) is 0 Å². The second-order valence-electron chi connectivity index (χ2n) is 4.54. The SMILES string of the molecule is CNC(c1ccccc1Br)C1CNCCN1C. The molecule has 1 aliphatic heterocycles. The number of hydrogen-bond acceptors (Lipinski definition) is 3. The van der Waals surface area contributed by atoms with Crippen molar-refractivity contribution in [3.63, 3.8) is 0 Å². The Bertz CT molecular complexity index is 369. The maximum atomic E-state index is 3.65. The van der Waals surface area contributed by atoms with Crippen LogP contribution in [0.1, 0.15) is 11.6 Å². The second kappa shape index (κ2) is 5.96. The predicted octanol–water partition coefficient (Wildman–Crippen LogP) is 1.61. The number of benzene rings is 1. The van der Waals surface area contributed by atoms with E-state index in [0.717, 1.165) is 19.6 Å². The van der Waals surface area contributed by atoms with Gasteiger partial charge in [0.1, 0.15) is 0 Å². The van der Waals surface area contributed by atoms with E-state index in [1.807, 2.05) is 7.05 Å². The maximum Gasteiger partial charge on any atom is 0.0499 e. The summed E-state index contributed by atoms with van der Waals surface area (Å²) >= 11 is 3.65. The first kappa shape index (κ1) is 13.0. The van der Waals surface area contributed by atoms with E-state index in [4.69, 9.17) is 0 Å². The van der Waals surface area contributed by atoms with Crippen LogP contribution in [0.25, 0.3) is 0 Å². The van der Waals surface area contributed by atoms with Crippen molar-refractivity contribution in [1.82, 2.24) is 15.5 Å². The number of nitrogens with zero attached hydrogens (tertiary/aromatic N) is 1. The van der Waals surface area contributed by atoms with E-state index in [1.54, 1.807) is 0 Å². The van der Waals surface area contributed by atoms with Gasteiger partial charge in [-0.25, -0.2) is 0 Å². The van der Waals surface area contributed by atoms with Gasteiger partial charge in [0.2, 0.25) is 0 Å². The molecule has 94 valence electrons. The van der Waals surface area contributed by atoms with E-state index in [0.29, 0.717) is 12.1 Å². The smallest absolute Gasteiger partial charge is 0.0499 e. The largest absolute Gasteiger partial charge is 0.314 e. The summed E-state index contributed by atoms with van der Waals surface area (Å²) in [5, 5.41) is 6.92. The molecule has 2 rings (SSSR count). The van der Waals surface area contributed by atoms with Crippen LogP contribution in [0, 0.1) is 0 Å². The predicted molar refractivity (Wildman–Crippen MR) is 75.2 cm³/mol. The van der Waals surface area contributed by atoms with Gasteiger partial charge in [0.15, 0.2) is 0 Å². The quantitative estimate of drug-likeness (QED) is 0.888. The Morgan fingerprint density at radius 1 is 1.47 bits per heavy atom. The fraction of sp³-hybridized carbons (Fsp3) is 0.538. The normalized spacial score (nSPS) is 23.6. The summed E-state index contributed by atoms with van der Waals surface area (Å²) in [5.74, 6) is 0. The first-order chi connectivity index (χ1) is 8.24. The molecule has 2 N–H and O–H groups in total. The fourth-order valence-electron chi connectivity index (χ4n) is 2.48. The van der Waals surface area contributed by atoms with Crippen LogP contribution in [-0.4, -0.2) is 44.7 Å². The van der Waals surface area contributed by atoms with E-state index >= 15 is 0 Å². The Labute approximate surface area is 112 Å². The molecule has 0 aromatic heterocycles. The van der Waals surface area contributed by atoms with Gasteiger partial charge in [-0.05, 0) is 25.7 Å². The topological polar surface area (TPSA) is 27.3 Å². The molecule has 0 spiro atoms. The monoisotopic (exact) mass is 297 g/mol. The van der Waals surface area contributed by atoms with Gasteiger partial charge in [0.25, 0.3) is 0 Å². The van der Waals surface area contributed by atoms with Crippen LogP contribution in [-0.2, 0) is 0 Å². The van der Waals surface area contributed by atoms with Gasteiger partial charge < -0.3 is 10.6 Å². The van der Waals surface area contributed by atoms with Gasteiger partial charge in [0.05, 0.1) is 0 Å². The summed E-state index contributed by atoms with van der Waals surface area (Å²) in [4.78, 5) is 2.43. The van der Waals surface area contributed by atoms with Crippen LogP contribution in [0.2, 0.25) is 0 Å². The van der Waals surface area contributed by atoms with Crippen LogP contribution >= 0.6 is 15.9 Å². The lowest BCUT2D eigenvalue weighted by atomic mass is 9.97. The molecular weight excluding hydrogens is 278 g/mol. The summed E-state index contributed by atoms with van der Waals surface area (Å²) in [5.41, 5.74) is 1.33. The van der Waals surface area contributed by atoms with E-state index in [-0.39, 0.29) is 0 Å². The third-order valence-electron chi connectivity index (χ3n) is 3.50. The van der Waals surface area contributed by atoms with Crippen molar-refractivity contribution in [2.75, 3.05) is 33.7 Å². The van der Waals surface area contributed by atoms with Crippen molar-refractivity contribution in [2.24, 2.45) is 0 Å². The maximum absolute atomic E-state index is 3.65. The second-order valence-corrected chi connectivity index (χ2v) is 5.39. The van der Waals surface area contributed by atoms with Crippen molar-refractivity contribution in [2.45, 2.75) is 12.1 Å². The van der Waals surface area contributed by atoms with E-state index < -0.39 is 0 Å². The Morgan fingerprint density at radius 2 is 2.24 bits per heavy atom. The summed E-state index contributed by atoms with van der Waals surface area (Å²) in [6.45, 7) is 3.22. The molecule has 1 heterocycles. The summed E-state index contributed by atoms with van der Waals surface area (Å²) < 4.78 is 1.18. The highest BCUT2D eigenvalue weighted by atomic mass is 79.9. The number of likely N-dealkylation sites (N-methyl/N-ethyl adjacent to an activating group) is 2. The Hall–Kier alpha value is -0.420. The molecule has 0 amide bonds. The molecule has 17 heavy (non-hydrogen) atoms. The number of rotatable bonds is 3. The molecule has 2 atom stereocenters. The van der Waals surface area contributed by atoms with Crippen molar-refractivity contribution in [3.05, 3.63) is 34.3 Å². The molecule has 1 aliphatic rings. The highest BCUT2D eigenvalue weighted by molar-refractivity contribution is 9.10. The summed E-state index contributed by atoms with van der Waals surface area (Å²) in [7, 11) is 4.24. The molecule has 3 nitrogen and oxygen atoms in total. The van der Waals surface area contributed by atoms with Gasteiger partial charge in [-0.3, -0.25) is 4.90 Å². The highest BCUT2D eigenvalue weighted by Crippen LogP contribution is 2.27. The van der Waals surface area contributed by atoms with Crippen LogP contribution in [0.5, 0.6) is 0 Å². The Morgan fingerprint density at radius 3 is 2.88 bits per heavy atom. The lowest BCUT2D eigenvalue weighted by Gasteiger charge is -2.38. The highest BCUT2D eigenvalue weighted by Gasteiger charge is 2.28. The lowest BCUT2D eigenvalue weighted by molar-refractivity contribution is 0.161. The zero-order valence-electron chi connectivity index (χ0n) is 10.4. The van der Waals surface area contributed by atoms with Crippen molar-refractivity contribution < 1.29 is 0 Å². The van der Waals surface area contributed by atoms with Gasteiger partial charge in [0, 0.05) is 36.2 Å². The summed E-state index contributed by atoms with van der Waals surface area (Å²) in [6.07, 6.45) is 0. The van der Waals surface area contributed by atoms with Crippen LogP contribution in [0.4, 0.5) is 0 Å². The van der Waals surface area contributed by atoms with E-state index in [9.17, 15) is 0 Å². The average Bonchev–Trinajstić information content (AvgIpc) is 2.34. The third-order valence-corrected chi connectivity index (χ3v) is 4.22. The molecule has 2 unspecified atom stereocenters. The standard InChI is InChI=1S/C13H20BrN3/c1-15-13(10-5-3-4-6-11(10)14)12-9-16-7-8-17(12)2/h3-6,12-13,15-16H,7-9H2,1-2H3. The molecule has 0 saturated carbocycles. The van der Waals surface area contributed by atoms with Gasteiger partial charge in [-0.1, -0.05) is 34.1 Å². The minimum Gasteiger partial charge on any atom is -0.314 e. The van der Waals surface area contributed by atoms with Gasteiger partial charge >= 0.3 is 0 Å². The zero-order valence-corrected chi connectivity index (χ0v) is 12.0. The minimum absolute atomic E-state index is 0.350. The molecule has 0 radical (unpaired) electrons. The first-order valence-corrected chi connectivity index (χ1v) is 6.86. The van der Waals surface area contributed by atoms with Crippen LogP contribution in [0.3, 0.4) is 0 Å². The Kier molecular flexibility index (Phi) is 4.56. The molecule has 4 heteroatoms. The van der Waals surface area contributed by atoms with E-state index in [1.165, 1.54) is 10.0 Å². The number of nitrogens with one attached hydrogen (secondary N) is 2. The molecule has 1 saturated heterocycles. The number of halogens is 1. The Balaban J connectivity index is 2.23. The van der Waals surface area contributed by atoms with E-state index in [2.05, 4.69) is 62.8 Å². The molecule has 0 aliphatic carbocycles.